The van der Waals surface area contributed by atoms with Crippen molar-refractivity contribution >= 4 is 11.8 Å². The summed E-state index contributed by atoms with van der Waals surface area (Å²) in [7, 11) is 1.88. The zero-order valence-corrected chi connectivity index (χ0v) is 15.7. The van der Waals surface area contributed by atoms with Crippen LogP contribution in [0.5, 0.6) is 0 Å². The van der Waals surface area contributed by atoms with Gasteiger partial charge in [0.05, 0.1) is 0 Å². The maximum atomic E-state index is 13.0. The van der Waals surface area contributed by atoms with Crippen LogP contribution in [0.25, 0.3) is 11.3 Å². The molecule has 142 valence electrons. The van der Waals surface area contributed by atoms with Gasteiger partial charge in [0.25, 0.3) is 5.91 Å². The molecule has 2 N–H and O–H groups in total. The highest BCUT2D eigenvalue weighted by molar-refractivity contribution is 5.98. The van der Waals surface area contributed by atoms with Gasteiger partial charge in [-0.1, -0.05) is 23.8 Å². The van der Waals surface area contributed by atoms with Gasteiger partial charge in [0.15, 0.2) is 0 Å². The summed E-state index contributed by atoms with van der Waals surface area (Å²) in [5.41, 5.74) is 3.52. The highest BCUT2D eigenvalue weighted by atomic mass is 16.5. The first-order chi connectivity index (χ1) is 13.0. The van der Waals surface area contributed by atoms with Crippen LogP contribution in [-0.2, 0) is 16.6 Å². The number of carbonyl (C=O) groups is 2. The number of amides is 2. The molecule has 0 bridgehead atoms. The van der Waals surface area contributed by atoms with Crippen molar-refractivity contribution in [2.75, 3.05) is 19.8 Å². The molecule has 2 saturated heterocycles. The van der Waals surface area contributed by atoms with E-state index < -0.39 is 6.04 Å². The Bertz CT molecular complexity index is 881. The number of benzene rings is 1. The van der Waals surface area contributed by atoms with Crippen LogP contribution in [0.2, 0.25) is 0 Å². The van der Waals surface area contributed by atoms with Crippen LogP contribution in [0.15, 0.2) is 36.4 Å². The highest BCUT2D eigenvalue weighted by Gasteiger charge is 2.49. The second-order valence-corrected chi connectivity index (χ2v) is 7.63. The number of rotatable bonds is 3. The Morgan fingerprint density at radius 1 is 1.26 bits per heavy atom. The number of aromatic nitrogens is 1. The van der Waals surface area contributed by atoms with Crippen molar-refractivity contribution in [1.29, 1.82) is 0 Å². The van der Waals surface area contributed by atoms with E-state index in [1.54, 1.807) is 0 Å². The van der Waals surface area contributed by atoms with E-state index in [4.69, 9.17) is 4.74 Å². The Morgan fingerprint density at radius 3 is 2.78 bits per heavy atom. The second kappa shape index (κ2) is 6.85. The van der Waals surface area contributed by atoms with E-state index in [0.717, 1.165) is 24.1 Å². The van der Waals surface area contributed by atoms with Gasteiger partial charge in [-0.25, -0.2) is 0 Å². The van der Waals surface area contributed by atoms with E-state index >= 15 is 0 Å². The molecule has 2 aliphatic heterocycles. The Labute approximate surface area is 158 Å². The SMILES string of the molecule is Cc1cccc(-c2ccc(C(=O)NC3C(=O)NCC34CCOCC4)n2C)c1. The Kier molecular flexibility index (Phi) is 4.52. The molecular formula is C21H25N3O3. The largest absolute Gasteiger partial charge is 0.381 e. The summed E-state index contributed by atoms with van der Waals surface area (Å²) in [5, 5.41) is 5.92. The molecule has 4 rings (SSSR count). The van der Waals surface area contributed by atoms with Crippen LogP contribution in [0.3, 0.4) is 0 Å². The topological polar surface area (TPSA) is 72.4 Å². The van der Waals surface area contributed by atoms with Crippen LogP contribution < -0.4 is 10.6 Å². The molecular weight excluding hydrogens is 342 g/mol. The van der Waals surface area contributed by atoms with Crippen molar-refractivity contribution in [2.24, 2.45) is 12.5 Å². The molecule has 1 aromatic heterocycles. The summed E-state index contributed by atoms with van der Waals surface area (Å²) in [4.78, 5) is 25.4. The van der Waals surface area contributed by atoms with Crippen LogP contribution in [-0.4, -0.2) is 42.2 Å². The molecule has 2 fully saturated rings. The minimum absolute atomic E-state index is 0.0987. The average Bonchev–Trinajstić information content (AvgIpc) is 3.18. The molecule has 0 saturated carbocycles. The first-order valence-corrected chi connectivity index (χ1v) is 9.39. The quantitative estimate of drug-likeness (QED) is 0.872. The van der Waals surface area contributed by atoms with Crippen LogP contribution in [0.1, 0.15) is 28.9 Å². The second-order valence-electron chi connectivity index (χ2n) is 7.63. The van der Waals surface area contributed by atoms with E-state index in [-0.39, 0.29) is 17.2 Å². The van der Waals surface area contributed by atoms with Gasteiger partial charge in [0, 0.05) is 37.9 Å². The fraction of sp³-hybridized carbons (Fsp3) is 0.429. The van der Waals surface area contributed by atoms with Gasteiger partial charge in [-0.15, -0.1) is 0 Å². The molecule has 6 heteroatoms. The molecule has 2 aromatic rings. The van der Waals surface area contributed by atoms with Gasteiger partial charge in [-0.05, 0) is 43.5 Å². The summed E-state index contributed by atoms with van der Waals surface area (Å²) in [6.45, 7) is 3.90. The molecule has 1 spiro atoms. The number of ether oxygens (including phenoxy) is 1. The average molecular weight is 367 g/mol. The Balaban J connectivity index is 1.57. The summed E-state index contributed by atoms with van der Waals surface area (Å²) in [5.74, 6) is -0.317. The molecule has 0 radical (unpaired) electrons. The summed E-state index contributed by atoms with van der Waals surface area (Å²) in [6.07, 6.45) is 1.55. The van der Waals surface area contributed by atoms with E-state index in [0.29, 0.717) is 25.5 Å². The van der Waals surface area contributed by atoms with Crippen molar-refractivity contribution in [3.8, 4) is 11.3 Å². The number of carbonyl (C=O) groups excluding carboxylic acids is 2. The molecule has 1 aromatic carbocycles. The number of nitrogens with one attached hydrogen (secondary N) is 2. The minimum atomic E-state index is -0.508. The Morgan fingerprint density at radius 2 is 2.04 bits per heavy atom. The van der Waals surface area contributed by atoms with E-state index in [1.165, 1.54) is 5.56 Å². The zero-order valence-electron chi connectivity index (χ0n) is 15.7. The van der Waals surface area contributed by atoms with Crippen LogP contribution in [0, 0.1) is 12.3 Å². The normalized spacial score (nSPS) is 21.3. The maximum absolute atomic E-state index is 13.0. The van der Waals surface area contributed by atoms with Gasteiger partial charge in [0.1, 0.15) is 11.7 Å². The smallest absolute Gasteiger partial charge is 0.268 e. The van der Waals surface area contributed by atoms with Crippen LogP contribution in [0.4, 0.5) is 0 Å². The summed E-state index contributed by atoms with van der Waals surface area (Å²) in [6, 6.07) is 11.4. The standard InChI is InChI=1S/C21H25N3O3/c1-14-4-3-5-15(12-14)16-6-7-17(24(16)2)19(25)23-18-20(26)22-13-21(18)8-10-27-11-9-21/h3-7,12,18H,8-11,13H2,1-2H3,(H,22,26)(H,23,25). The predicted octanol–water partition coefficient (Wildman–Crippen LogP) is 2.03. The lowest BCUT2D eigenvalue weighted by Gasteiger charge is -2.36. The molecule has 0 aliphatic carbocycles. The van der Waals surface area contributed by atoms with E-state index in [2.05, 4.69) is 16.7 Å². The van der Waals surface area contributed by atoms with Gasteiger partial charge in [-0.2, -0.15) is 0 Å². The first kappa shape index (κ1) is 17.8. The van der Waals surface area contributed by atoms with Crippen molar-refractivity contribution in [1.82, 2.24) is 15.2 Å². The minimum Gasteiger partial charge on any atom is -0.381 e. The molecule has 3 heterocycles. The third-order valence-corrected chi connectivity index (χ3v) is 5.92. The Hall–Kier alpha value is -2.60. The van der Waals surface area contributed by atoms with Gasteiger partial charge < -0.3 is 19.9 Å². The third-order valence-electron chi connectivity index (χ3n) is 5.92. The number of aryl methyl sites for hydroxylation is 1. The third kappa shape index (κ3) is 3.14. The van der Waals surface area contributed by atoms with E-state index in [1.807, 2.05) is 48.9 Å². The van der Waals surface area contributed by atoms with Gasteiger partial charge in [-0.3, -0.25) is 9.59 Å². The molecule has 6 nitrogen and oxygen atoms in total. The molecule has 1 unspecified atom stereocenters. The lowest BCUT2D eigenvalue weighted by atomic mass is 9.76. The van der Waals surface area contributed by atoms with Gasteiger partial charge in [0.2, 0.25) is 5.91 Å². The summed E-state index contributed by atoms with van der Waals surface area (Å²) < 4.78 is 7.34. The highest BCUT2D eigenvalue weighted by Crippen LogP contribution is 2.37. The number of hydrogen-bond donors (Lipinski definition) is 2. The van der Waals surface area contributed by atoms with Gasteiger partial charge >= 0.3 is 0 Å². The van der Waals surface area contributed by atoms with Crippen molar-refractivity contribution in [3.05, 3.63) is 47.7 Å². The maximum Gasteiger partial charge on any atom is 0.268 e. The van der Waals surface area contributed by atoms with Crippen molar-refractivity contribution < 1.29 is 14.3 Å². The fourth-order valence-electron chi connectivity index (χ4n) is 4.25. The number of nitrogens with zero attached hydrogens (tertiary/aromatic N) is 1. The predicted molar refractivity (Wildman–Crippen MR) is 102 cm³/mol. The summed E-state index contributed by atoms with van der Waals surface area (Å²) >= 11 is 0. The number of hydrogen-bond acceptors (Lipinski definition) is 3. The molecule has 2 amide bonds. The zero-order chi connectivity index (χ0) is 19.0. The lowest BCUT2D eigenvalue weighted by Crippen LogP contribution is -2.51. The van der Waals surface area contributed by atoms with Crippen molar-refractivity contribution in [2.45, 2.75) is 25.8 Å². The molecule has 27 heavy (non-hydrogen) atoms. The van der Waals surface area contributed by atoms with Crippen LogP contribution >= 0.6 is 0 Å². The lowest BCUT2D eigenvalue weighted by molar-refractivity contribution is -0.122. The monoisotopic (exact) mass is 367 g/mol. The van der Waals surface area contributed by atoms with E-state index in [9.17, 15) is 9.59 Å². The van der Waals surface area contributed by atoms with Crippen molar-refractivity contribution in [3.63, 3.8) is 0 Å². The molecule has 2 aliphatic rings. The molecule has 1 atom stereocenters. The first-order valence-electron chi connectivity index (χ1n) is 9.39. The fourth-order valence-corrected chi connectivity index (χ4v) is 4.25.